The second kappa shape index (κ2) is 9.18. The summed E-state index contributed by atoms with van der Waals surface area (Å²) in [5.41, 5.74) is 4.54. The Kier molecular flexibility index (Phi) is 6.16. The number of fused-ring (bicyclic) bond motifs is 3. The van der Waals surface area contributed by atoms with E-state index in [2.05, 4.69) is 5.32 Å². The van der Waals surface area contributed by atoms with E-state index in [-0.39, 0.29) is 24.5 Å². The van der Waals surface area contributed by atoms with Gasteiger partial charge in [-0.1, -0.05) is 48.5 Å². The maximum atomic E-state index is 13.5. The van der Waals surface area contributed by atoms with Crippen molar-refractivity contribution in [2.75, 3.05) is 6.61 Å². The number of amides is 1. The van der Waals surface area contributed by atoms with Crippen molar-refractivity contribution >= 4 is 12.1 Å². The number of ether oxygens (including phenoxy) is 1. The summed E-state index contributed by atoms with van der Waals surface area (Å²) in [6.45, 7) is 0.0776. The van der Waals surface area contributed by atoms with Crippen LogP contribution in [-0.4, -0.2) is 29.8 Å². The van der Waals surface area contributed by atoms with Crippen molar-refractivity contribution in [3.8, 4) is 11.1 Å². The molecule has 1 atom stereocenters. The van der Waals surface area contributed by atoms with Gasteiger partial charge in [-0.3, -0.25) is 4.79 Å². The number of rotatable bonds is 7. The number of alkyl carbamates (subject to hydrolysis) is 1. The summed E-state index contributed by atoms with van der Waals surface area (Å²) in [7, 11) is 0. The van der Waals surface area contributed by atoms with Gasteiger partial charge in [0.15, 0.2) is 0 Å². The van der Waals surface area contributed by atoms with Crippen LogP contribution >= 0.6 is 0 Å². The molecule has 5 nitrogen and oxygen atoms in total. The summed E-state index contributed by atoms with van der Waals surface area (Å²) in [5, 5.41) is 11.7. The fraction of sp³-hybridized carbons (Fsp3) is 0.200. The first-order chi connectivity index (χ1) is 15.4. The van der Waals surface area contributed by atoms with E-state index in [4.69, 9.17) is 9.84 Å². The number of benzene rings is 3. The molecule has 0 unspecified atom stereocenters. The zero-order valence-corrected chi connectivity index (χ0v) is 17.1. The number of hydrogen-bond acceptors (Lipinski definition) is 3. The minimum atomic E-state index is -1.15. The van der Waals surface area contributed by atoms with E-state index in [1.54, 1.807) is 0 Å². The molecule has 0 heterocycles. The lowest BCUT2D eigenvalue weighted by atomic mass is 9.98. The third kappa shape index (κ3) is 4.77. The van der Waals surface area contributed by atoms with Crippen LogP contribution in [0.25, 0.3) is 11.1 Å². The Morgan fingerprint density at radius 2 is 1.50 bits per heavy atom. The van der Waals surface area contributed by atoms with Gasteiger partial charge in [-0.2, -0.15) is 0 Å². The Morgan fingerprint density at radius 1 is 0.938 bits per heavy atom. The van der Waals surface area contributed by atoms with Crippen LogP contribution in [0.3, 0.4) is 0 Å². The Bertz CT molecular complexity index is 1100. The first-order valence-electron chi connectivity index (χ1n) is 10.2. The second-order valence-corrected chi connectivity index (χ2v) is 7.75. The van der Waals surface area contributed by atoms with Gasteiger partial charge in [-0.05, 0) is 46.4 Å². The maximum Gasteiger partial charge on any atom is 0.407 e. The smallest absolute Gasteiger partial charge is 0.407 e. The molecule has 1 amide bonds. The number of halogens is 2. The monoisotopic (exact) mass is 437 g/mol. The van der Waals surface area contributed by atoms with Crippen molar-refractivity contribution in [3.05, 3.63) is 95.1 Å². The van der Waals surface area contributed by atoms with Gasteiger partial charge in [-0.25, -0.2) is 13.6 Å². The van der Waals surface area contributed by atoms with Crippen LogP contribution in [0, 0.1) is 11.6 Å². The molecule has 164 valence electrons. The molecule has 7 heteroatoms. The third-order valence-electron chi connectivity index (χ3n) is 5.49. The van der Waals surface area contributed by atoms with E-state index in [1.165, 1.54) is 0 Å². The van der Waals surface area contributed by atoms with Crippen LogP contribution in [-0.2, 0) is 16.0 Å². The number of carbonyl (C=O) groups is 2. The molecule has 3 aromatic rings. The summed E-state index contributed by atoms with van der Waals surface area (Å²) >= 11 is 0. The Hall–Kier alpha value is -3.74. The fourth-order valence-corrected chi connectivity index (χ4v) is 4.21. The van der Waals surface area contributed by atoms with Crippen LogP contribution < -0.4 is 5.32 Å². The van der Waals surface area contributed by atoms with E-state index in [0.717, 1.165) is 40.5 Å². The largest absolute Gasteiger partial charge is 0.481 e. The van der Waals surface area contributed by atoms with Gasteiger partial charge in [0.25, 0.3) is 0 Å². The molecule has 0 spiro atoms. The standard InChI is InChI=1S/C25H21F2NO4/c26-16-9-15(10-17(27)12-16)11-18(13-24(29)30)28-25(31)32-14-23-21-7-3-1-5-19(21)20-6-2-4-8-22(20)23/h1-10,12,18,23H,11,13-14H2,(H,28,31)(H,29,30)/t18-/m1/s1. The van der Waals surface area contributed by atoms with Crippen molar-refractivity contribution in [1.29, 1.82) is 0 Å². The average Bonchev–Trinajstić information content (AvgIpc) is 3.05. The highest BCUT2D eigenvalue weighted by Gasteiger charge is 2.29. The Balaban J connectivity index is 1.44. The molecular weight excluding hydrogens is 416 g/mol. The van der Waals surface area contributed by atoms with Gasteiger partial charge < -0.3 is 15.2 Å². The quantitative estimate of drug-likeness (QED) is 0.552. The number of carboxylic acids is 1. The van der Waals surface area contributed by atoms with E-state index < -0.39 is 36.2 Å². The van der Waals surface area contributed by atoms with Crippen molar-refractivity contribution in [2.45, 2.75) is 24.8 Å². The molecule has 3 aromatic carbocycles. The Morgan fingerprint density at radius 3 is 2.06 bits per heavy atom. The van der Waals surface area contributed by atoms with Gasteiger partial charge in [0.05, 0.1) is 6.42 Å². The summed E-state index contributed by atoms with van der Waals surface area (Å²) < 4.78 is 32.4. The number of carbonyl (C=O) groups excluding carboxylic acids is 1. The lowest BCUT2D eigenvalue weighted by molar-refractivity contribution is -0.137. The first kappa shape index (κ1) is 21.5. The summed E-state index contributed by atoms with van der Waals surface area (Å²) in [6.07, 6.45) is -1.25. The van der Waals surface area contributed by atoms with E-state index >= 15 is 0 Å². The van der Waals surface area contributed by atoms with Crippen molar-refractivity contribution in [2.24, 2.45) is 0 Å². The highest BCUT2D eigenvalue weighted by molar-refractivity contribution is 5.79. The third-order valence-corrected chi connectivity index (χ3v) is 5.49. The van der Waals surface area contributed by atoms with Gasteiger partial charge >= 0.3 is 12.1 Å². The normalized spacial score (nSPS) is 13.2. The molecule has 32 heavy (non-hydrogen) atoms. The number of hydrogen-bond donors (Lipinski definition) is 2. The highest BCUT2D eigenvalue weighted by Crippen LogP contribution is 2.44. The zero-order valence-electron chi connectivity index (χ0n) is 17.1. The lowest BCUT2D eigenvalue weighted by Crippen LogP contribution is -2.39. The molecule has 0 aromatic heterocycles. The topological polar surface area (TPSA) is 75.6 Å². The zero-order chi connectivity index (χ0) is 22.7. The summed E-state index contributed by atoms with van der Waals surface area (Å²) in [4.78, 5) is 23.7. The van der Waals surface area contributed by atoms with Crippen molar-refractivity contribution in [3.63, 3.8) is 0 Å². The van der Waals surface area contributed by atoms with Crippen LogP contribution in [0.2, 0.25) is 0 Å². The molecular formula is C25H21F2NO4. The number of carboxylic acid groups (broad SMARTS) is 1. The maximum absolute atomic E-state index is 13.5. The van der Waals surface area contributed by atoms with Crippen LogP contribution in [0.5, 0.6) is 0 Å². The average molecular weight is 437 g/mol. The number of nitrogens with one attached hydrogen (secondary N) is 1. The molecule has 4 rings (SSSR count). The molecule has 0 saturated carbocycles. The molecule has 0 radical (unpaired) electrons. The highest BCUT2D eigenvalue weighted by atomic mass is 19.1. The summed E-state index contributed by atoms with van der Waals surface area (Å²) in [5.74, 6) is -2.82. The van der Waals surface area contributed by atoms with Crippen molar-refractivity contribution in [1.82, 2.24) is 5.32 Å². The minimum Gasteiger partial charge on any atom is -0.481 e. The molecule has 2 N–H and O–H groups in total. The SMILES string of the molecule is O=C(O)C[C@@H](Cc1cc(F)cc(F)c1)NC(=O)OCC1c2ccccc2-c2ccccc21. The van der Waals surface area contributed by atoms with E-state index in [0.29, 0.717) is 0 Å². The molecule has 0 aliphatic heterocycles. The number of aliphatic carboxylic acids is 1. The predicted octanol–water partition coefficient (Wildman–Crippen LogP) is 4.89. The first-order valence-corrected chi connectivity index (χ1v) is 10.2. The summed E-state index contributed by atoms with van der Waals surface area (Å²) in [6, 6.07) is 17.9. The van der Waals surface area contributed by atoms with Crippen LogP contribution in [0.15, 0.2) is 66.7 Å². The van der Waals surface area contributed by atoms with Crippen LogP contribution in [0.4, 0.5) is 13.6 Å². The second-order valence-electron chi connectivity index (χ2n) is 7.75. The van der Waals surface area contributed by atoms with Crippen LogP contribution in [0.1, 0.15) is 29.0 Å². The van der Waals surface area contributed by atoms with Crippen molar-refractivity contribution < 1.29 is 28.2 Å². The molecule has 0 fully saturated rings. The van der Waals surface area contributed by atoms with Gasteiger partial charge in [-0.15, -0.1) is 0 Å². The lowest BCUT2D eigenvalue weighted by Gasteiger charge is -2.19. The Labute approximate surface area is 183 Å². The molecule has 1 aliphatic carbocycles. The van der Waals surface area contributed by atoms with E-state index in [9.17, 15) is 18.4 Å². The molecule has 0 bridgehead atoms. The van der Waals surface area contributed by atoms with Gasteiger partial charge in [0.2, 0.25) is 0 Å². The van der Waals surface area contributed by atoms with Gasteiger partial charge in [0.1, 0.15) is 18.2 Å². The van der Waals surface area contributed by atoms with Gasteiger partial charge in [0, 0.05) is 18.0 Å². The fourth-order valence-electron chi connectivity index (χ4n) is 4.21. The minimum absolute atomic E-state index is 0.0504. The van der Waals surface area contributed by atoms with E-state index in [1.807, 2.05) is 48.5 Å². The molecule has 1 aliphatic rings. The predicted molar refractivity (Wildman–Crippen MR) is 114 cm³/mol. The molecule has 0 saturated heterocycles.